The van der Waals surface area contributed by atoms with Crippen molar-refractivity contribution in [2.45, 2.75) is 13.8 Å². The molecule has 0 aliphatic carbocycles. The van der Waals surface area contributed by atoms with E-state index in [0.717, 1.165) is 17.1 Å². The molecule has 0 saturated carbocycles. The maximum Gasteiger partial charge on any atom is 0.269 e. The Morgan fingerprint density at radius 2 is 1.16 bits per heavy atom. The number of carbonyl (C=O) groups excluding carboxylic acids is 2. The molecule has 2 aromatic carbocycles. The molecular formula is C20H19N3O2. The van der Waals surface area contributed by atoms with Crippen LogP contribution in [0.4, 0.5) is 0 Å². The molecule has 5 nitrogen and oxygen atoms in total. The fraction of sp³-hybridized carbons (Fsp3) is 0.100. The highest BCUT2D eigenvalue weighted by Gasteiger charge is 2.10. The van der Waals surface area contributed by atoms with Crippen molar-refractivity contribution in [3.05, 3.63) is 89.2 Å². The molecular weight excluding hydrogens is 314 g/mol. The van der Waals surface area contributed by atoms with E-state index in [0.29, 0.717) is 11.1 Å². The van der Waals surface area contributed by atoms with Crippen molar-refractivity contribution in [3.63, 3.8) is 0 Å². The summed E-state index contributed by atoms with van der Waals surface area (Å²) in [5, 5.41) is 0. The third-order valence-corrected chi connectivity index (χ3v) is 3.98. The van der Waals surface area contributed by atoms with Gasteiger partial charge >= 0.3 is 0 Å². The molecule has 0 unspecified atom stereocenters. The number of nitrogens with one attached hydrogen (secondary N) is 2. The normalized spacial score (nSPS) is 10.3. The van der Waals surface area contributed by atoms with Crippen LogP contribution in [0.25, 0.3) is 5.69 Å². The lowest BCUT2D eigenvalue weighted by atomic mass is 10.2. The average molecular weight is 333 g/mol. The summed E-state index contributed by atoms with van der Waals surface area (Å²) in [6, 6.07) is 20.0. The first-order valence-electron chi connectivity index (χ1n) is 7.97. The van der Waals surface area contributed by atoms with Gasteiger partial charge in [-0.05, 0) is 62.4 Å². The van der Waals surface area contributed by atoms with E-state index in [-0.39, 0.29) is 11.8 Å². The standard InChI is InChI=1S/C20H19N3O2/c1-14-8-9-15(2)23(14)18-12-10-17(11-13-18)20(25)22-21-19(24)16-6-4-3-5-7-16/h3-13H,1-2H3,(H,21,24)(H,22,25). The molecule has 2 amide bonds. The molecule has 2 N–H and O–H groups in total. The monoisotopic (exact) mass is 333 g/mol. The van der Waals surface area contributed by atoms with Gasteiger partial charge in [0.05, 0.1) is 0 Å². The molecule has 0 aliphatic rings. The Morgan fingerprint density at radius 3 is 1.68 bits per heavy atom. The zero-order valence-corrected chi connectivity index (χ0v) is 14.1. The van der Waals surface area contributed by atoms with Gasteiger partial charge in [-0.2, -0.15) is 0 Å². The van der Waals surface area contributed by atoms with Crippen LogP contribution in [0.3, 0.4) is 0 Å². The maximum absolute atomic E-state index is 12.2. The molecule has 3 aromatic rings. The number of nitrogens with zero attached hydrogens (tertiary/aromatic N) is 1. The Labute approximate surface area is 146 Å². The number of rotatable bonds is 3. The van der Waals surface area contributed by atoms with Crippen LogP contribution in [0, 0.1) is 13.8 Å². The number of aryl methyl sites for hydroxylation is 2. The van der Waals surface area contributed by atoms with E-state index in [1.165, 1.54) is 0 Å². The molecule has 25 heavy (non-hydrogen) atoms. The van der Waals surface area contributed by atoms with Gasteiger partial charge in [0, 0.05) is 28.2 Å². The first-order chi connectivity index (χ1) is 12.1. The Morgan fingerprint density at radius 1 is 0.680 bits per heavy atom. The third kappa shape index (κ3) is 3.61. The number of carbonyl (C=O) groups is 2. The smallest absolute Gasteiger partial charge is 0.269 e. The van der Waals surface area contributed by atoms with E-state index in [1.807, 2.05) is 32.0 Å². The summed E-state index contributed by atoms with van der Waals surface area (Å²) >= 11 is 0. The van der Waals surface area contributed by atoms with E-state index in [4.69, 9.17) is 0 Å². The van der Waals surface area contributed by atoms with E-state index < -0.39 is 0 Å². The largest absolute Gasteiger partial charge is 0.319 e. The molecule has 3 rings (SSSR count). The Hall–Kier alpha value is -3.34. The molecule has 126 valence electrons. The summed E-state index contributed by atoms with van der Waals surface area (Å²) < 4.78 is 2.11. The zero-order valence-electron chi connectivity index (χ0n) is 14.1. The summed E-state index contributed by atoms with van der Waals surface area (Å²) in [6.07, 6.45) is 0. The topological polar surface area (TPSA) is 63.1 Å². The summed E-state index contributed by atoms with van der Waals surface area (Å²) in [5.74, 6) is -0.721. The highest BCUT2D eigenvalue weighted by atomic mass is 16.2. The second-order valence-electron chi connectivity index (χ2n) is 5.77. The molecule has 0 bridgehead atoms. The van der Waals surface area contributed by atoms with Crippen LogP contribution in [0.5, 0.6) is 0 Å². The minimum atomic E-state index is -0.364. The van der Waals surface area contributed by atoms with Gasteiger partial charge in [0.25, 0.3) is 11.8 Å². The molecule has 1 heterocycles. The van der Waals surface area contributed by atoms with Gasteiger partial charge in [-0.15, -0.1) is 0 Å². The second kappa shape index (κ2) is 7.05. The maximum atomic E-state index is 12.2. The summed E-state index contributed by atoms with van der Waals surface area (Å²) in [5.41, 5.74) is 9.05. The van der Waals surface area contributed by atoms with Crippen molar-refractivity contribution in [3.8, 4) is 5.69 Å². The van der Waals surface area contributed by atoms with Crippen molar-refractivity contribution >= 4 is 11.8 Å². The van der Waals surface area contributed by atoms with Crippen LogP contribution >= 0.6 is 0 Å². The number of benzene rings is 2. The predicted octanol–water partition coefficient (Wildman–Crippen LogP) is 3.17. The number of hydrogen-bond acceptors (Lipinski definition) is 2. The summed E-state index contributed by atoms with van der Waals surface area (Å²) in [7, 11) is 0. The van der Waals surface area contributed by atoms with Gasteiger partial charge in [0.15, 0.2) is 0 Å². The molecule has 0 fully saturated rings. The molecule has 0 spiro atoms. The van der Waals surface area contributed by atoms with Gasteiger partial charge in [-0.1, -0.05) is 18.2 Å². The average Bonchev–Trinajstić information content (AvgIpc) is 2.98. The minimum absolute atomic E-state index is 0.357. The minimum Gasteiger partial charge on any atom is -0.319 e. The van der Waals surface area contributed by atoms with Gasteiger partial charge in [0.1, 0.15) is 0 Å². The van der Waals surface area contributed by atoms with Crippen LogP contribution in [0.15, 0.2) is 66.7 Å². The van der Waals surface area contributed by atoms with E-state index >= 15 is 0 Å². The molecule has 1 aromatic heterocycles. The summed E-state index contributed by atoms with van der Waals surface area (Å²) in [6.45, 7) is 4.07. The van der Waals surface area contributed by atoms with Crippen molar-refractivity contribution < 1.29 is 9.59 Å². The molecule has 0 saturated heterocycles. The molecule has 0 atom stereocenters. The lowest BCUT2D eigenvalue weighted by molar-refractivity contribution is 0.0846. The van der Waals surface area contributed by atoms with Crippen molar-refractivity contribution in [2.24, 2.45) is 0 Å². The lowest BCUT2D eigenvalue weighted by Crippen LogP contribution is -2.41. The van der Waals surface area contributed by atoms with Crippen LogP contribution in [0.1, 0.15) is 32.1 Å². The van der Waals surface area contributed by atoms with Crippen LogP contribution in [-0.2, 0) is 0 Å². The number of hydrazine groups is 1. The second-order valence-corrected chi connectivity index (χ2v) is 5.77. The van der Waals surface area contributed by atoms with Crippen molar-refractivity contribution in [1.82, 2.24) is 15.4 Å². The van der Waals surface area contributed by atoms with E-state index in [9.17, 15) is 9.59 Å². The number of amides is 2. The molecule has 5 heteroatoms. The quantitative estimate of drug-likeness (QED) is 0.723. The van der Waals surface area contributed by atoms with Crippen LogP contribution < -0.4 is 10.9 Å². The van der Waals surface area contributed by atoms with Crippen molar-refractivity contribution in [1.29, 1.82) is 0 Å². The third-order valence-electron chi connectivity index (χ3n) is 3.98. The van der Waals surface area contributed by atoms with Gasteiger partial charge in [-0.25, -0.2) is 0 Å². The summed E-state index contributed by atoms with van der Waals surface area (Å²) in [4.78, 5) is 24.1. The highest BCUT2D eigenvalue weighted by molar-refractivity contribution is 5.99. The Balaban J connectivity index is 1.66. The van der Waals surface area contributed by atoms with Gasteiger partial charge in [0.2, 0.25) is 0 Å². The molecule has 0 aliphatic heterocycles. The van der Waals surface area contributed by atoms with Crippen molar-refractivity contribution in [2.75, 3.05) is 0 Å². The van der Waals surface area contributed by atoms with Gasteiger partial charge in [-0.3, -0.25) is 20.4 Å². The molecule has 0 radical (unpaired) electrons. The van der Waals surface area contributed by atoms with E-state index in [2.05, 4.69) is 27.6 Å². The number of hydrogen-bond donors (Lipinski definition) is 2. The first-order valence-corrected chi connectivity index (χ1v) is 7.97. The highest BCUT2D eigenvalue weighted by Crippen LogP contribution is 2.16. The van der Waals surface area contributed by atoms with E-state index in [1.54, 1.807) is 36.4 Å². The fourth-order valence-corrected chi connectivity index (χ4v) is 2.68. The Bertz CT molecular complexity index is 877. The van der Waals surface area contributed by atoms with Crippen LogP contribution in [-0.4, -0.2) is 16.4 Å². The lowest BCUT2D eigenvalue weighted by Gasteiger charge is -2.11. The van der Waals surface area contributed by atoms with Crippen LogP contribution in [0.2, 0.25) is 0 Å². The SMILES string of the molecule is Cc1ccc(C)n1-c1ccc(C(=O)NNC(=O)c2ccccc2)cc1. The van der Waals surface area contributed by atoms with Gasteiger partial charge < -0.3 is 4.57 Å². The Kier molecular flexibility index (Phi) is 4.66. The number of aromatic nitrogens is 1. The fourth-order valence-electron chi connectivity index (χ4n) is 2.68. The zero-order chi connectivity index (χ0) is 17.8. The predicted molar refractivity (Wildman–Crippen MR) is 96.6 cm³/mol. The first kappa shape index (κ1) is 16.5.